The maximum Gasteiger partial charge on any atom is 0.0585 e. The quantitative estimate of drug-likeness (QED) is 0.268. The zero-order valence-electron chi connectivity index (χ0n) is 27.4. The minimum Gasteiger partial charge on any atom is -0.393 e. The summed E-state index contributed by atoms with van der Waals surface area (Å²) in [5.74, 6) is 0. The Balaban J connectivity index is 1.90. The SMILES string of the molecule is CC1=C(/C=C/C(C)=C/C=C/C(C)=C/C=C/C=C(C)/C=C/C=C(C)/C=C/C2=C(C)CC(O)CC2(C)C)C(C)(C)CC=C1. The summed E-state index contributed by atoms with van der Waals surface area (Å²) < 4.78 is 0. The Hall–Kier alpha value is -3.16. The van der Waals surface area contributed by atoms with Gasteiger partial charge in [-0.25, -0.2) is 0 Å². The van der Waals surface area contributed by atoms with Gasteiger partial charge in [0.25, 0.3) is 0 Å². The van der Waals surface area contributed by atoms with Crippen LogP contribution in [0, 0.1) is 10.8 Å². The second-order valence-corrected chi connectivity index (χ2v) is 13.1. The van der Waals surface area contributed by atoms with Crippen molar-refractivity contribution in [2.45, 2.75) is 94.6 Å². The van der Waals surface area contributed by atoms with E-state index in [0.29, 0.717) is 0 Å². The zero-order chi connectivity index (χ0) is 30.6. The molecule has 0 spiro atoms. The first-order valence-electron chi connectivity index (χ1n) is 15.1. The van der Waals surface area contributed by atoms with Gasteiger partial charge >= 0.3 is 0 Å². The highest BCUT2D eigenvalue weighted by Crippen LogP contribution is 2.41. The Bertz CT molecular complexity index is 1300. The third-order valence-corrected chi connectivity index (χ3v) is 7.92. The molecule has 2 aliphatic rings. The summed E-state index contributed by atoms with van der Waals surface area (Å²) in [5, 5.41) is 10.1. The van der Waals surface area contributed by atoms with Crippen molar-refractivity contribution in [1.29, 1.82) is 0 Å². The Morgan fingerprint density at radius 2 is 1.15 bits per heavy atom. The Morgan fingerprint density at radius 1 is 0.683 bits per heavy atom. The normalized spacial score (nSPS) is 23.1. The summed E-state index contributed by atoms with van der Waals surface area (Å²) in [4.78, 5) is 0. The van der Waals surface area contributed by atoms with E-state index < -0.39 is 0 Å². The molecule has 0 fully saturated rings. The van der Waals surface area contributed by atoms with Crippen LogP contribution in [0.2, 0.25) is 0 Å². The molecule has 1 unspecified atom stereocenters. The maximum atomic E-state index is 10.1. The first-order valence-corrected chi connectivity index (χ1v) is 15.1. The summed E-state index contributed by atoms with van der Waals surface area (Å²) in [6, 6.07) is 0. The zero-order valence-corrected chi connectivity index (χ0v) is 27.4. The first kappa shape index (κ1) is 34.0. The van der Waals surface area contributed by atoms with E-state index in [1.165, 1.54) is 44.6 Å². The van der Waals surface area contributed by atoms with E-state index >= 15 is 0 Å². The van der Waals surface area contributed by atoms with Crippen LogP contribution < -0.4 is 0 Å². The summed E-state index contributed by atoms with van der Waals surface area (Å²) in [7, 11) is 0. The van der Waals surface area contributed by atoms with Crippen molar-refractivity contribution < 1.29 is 5.11 Å². The molecule has 1 heteroatoms. The average Bonchev–Trinajstić information content (AvgIpc) is 2.84. The minimum absolute atomic E-state index is 0.0110. The molecule has 0 saturated carbocycles. The standard InChI is InChI=1S/C40H54O/c1-30(18-13-20-32(3)23-25-37-34(5)22-15-27-39(37,7)8)16-11-12-17-31(2)19-14-21-33(4)24-26-38-35(6)28-36(41)29-40(38,9)10/h11-26,36,41H,27-29H2,1-10H3/b12-11+,18-13+,19-14+,25-23+,26-24+,30-16+,31-17+,32-20+,33-21+. The lowest BCUT2D eigenvalue weighted by atomic mass is 9.71. The summed E-state index contributed by atoms with van der Waals surface area (Å²) in [6.45, 7) is 21.9. The molecular weight excluding hydrogens is 496 g/mol. The molecule has 1 nitrogen and oxygen atoms in total. The number of rotatable bonds is 10. The van der Waals surface area contributed by atoms with Gasteiger partial charge in [-0.05, 0) is 88.4 Å². The fourth-order valence-corrected chi connectivity index (χ4v) is 5.57. The van der Waals surface area contributed by atoms with Crippen molar-refractivity contribution in [3.05, 3.63) is 142 Å². The van der Waals surface area contributed by atoms with Crippen LogP contribution in [0.3, 0.4) is 0 Å². The van der Waals surface area contributed by atoms with E-state index in [1.54, 1.807) is 0 Å². The van der Waals surface area contributed by atoms with Crippen LogP contribution in [0.4, 0.5) is 0 Å². The largest absolute Gasteiger partial charge is 0.393 e. The fourth-order valence-electron chi connectivity index (χ4n) is 5.57. The van der Waals surface area contributed by atoms with Gasteiger partial charge in [0.2, 0.25) is 0 Å². The Kier molecular flexibility index (Phi) is 13.1. The molecule has 0 bridgehead atoms. The molecule has 0 aromatic rings. The van der Waals surface area contributed by atoms with Crippen LogP contribution in [-0.2, 0) is 0 Å². The van der Waals surface area contributed by atoms with E-state index in [0.717, 1.165) is 19.3 Å². The molecule has 1 N–H and O–H groups in total. The van der Waals surface area contributed by atoms with Crippen LogP contribution in [-0.4, -0.2) is 11.2 Å². The van der Waals surface area contributed by atoms with Crippen LogP contribution in [0.5, 0.6) is 0 Å². The number of hydrogen-bond acceptors (Lipinski definition) is 1. The molecule has 0 heterocycles. The van der Waals surface area contributed by atoms with Gasteiger partial charge in [-0.1, -0.05) is 153 Å². The van der Waals surface area contributed by atoms with Gasteiger partial charge < -0.3 is 5.11 Å². The maximum absolute atomic E-state index is 10.1. The summed E-state index contributed by atoms with van der Waals surface area (Å²) >= 11 is 0. The van der Waals surface area contributed by atoms with Crippen molar-refractivity contribution in [1.82, 2.24) is 0 Å². The lowest BCUT2D eigenvalue weighted by Crippen LogP contribution is -2.28. The summed E-state index contributed by atoms with van der Waals surface area (Å²) in [5.41, 5.74) is 10.5. The molecule has 220 valence electrons. The predicted octanol–water partition coefficient (Wildman–Crippen LogP) is 11.4. The number of hydrogen-bond donors (Lipinski definition) is 1. The molecule has 0 aliphatic heterocycles. The van der Waals surface area contributed by atoms with Gasteiger partial charge in [0.05, 0.1) is 6.10 Å². The third-order valence-electron chi connectivity index (χ3n) is 7.92. The number of aliphatic hydroxyl groups is 1. The highest BCUT2D eigenvalue weighted by molar-refractivity contribution is 5.42. The highest BCUT2D eigenvalue weighted by Gasteiger charge is 2.31. The van der Waals surface area contributed by atoms with E-state index in [1.807, 2.05) is 0 Å². The van der Waals surface area contributed by atoms with E-state index in [9.17, 15) is 5.11 Å². The molecule has 0 saturated heterocycles. The van der Waals surface area contributed by atoms with Crippen molar-refractivity contribution in [2.24, 2.45) is 10.8 Å². The van der Waals surface area contributed by atoms with Gasteiger partial charge in [-0.15, -0.1) is 0 Å². The lowest BCUT2D eigenvalue weighted by molar-refractivity contribution is 0.116. The Morgan fingerprint density at radius 3 is 1.63 bits per heavy atom. The number of allylic oxidation sites excluding steroid dienone is 23. The smallest absolute Gasteiger partial charge is 0.0585 e. The van der Waals surface area contributed by atoms with Gasteiger partial charge in [0, 0.05) is 0 Å². The van der Waals surface area contributed by atoms with E-state index in [-0.39, 0.29) is 16.9 Å². The average molecular weight is 551 g/mol. The monoisotopic (exact) mass is 550 g/mol. The fraction of sp³-hybridized carbons (Fsp3) is 0.400. The van der Waals surface area contributed by atoms with Gasteiger partial charge in [0.15, 0.2) is 0 Å². The van der Waals surface area contributed by atoms with Crippen LogP contribution in [0.25, 0.3) is 0 Å². The minimum atomic E-state index is -0.222. The molecule has 2 aliphatic carbocycles. The molecule has 0 aromatic carbocycles. The van der Waals surface area contributed by atoms with Gasteiger partial charge in [0.1, 0.15) is 0 Å². The van der Waals surface area contributed by atoms with Gasteiger partial charge in [-0.3, -0.25) is 0 Å². The second kappa shape index (κ2) is 15.7. The molecular formula is C40H54O. The van der Waals surface area contributed by atoms with Gasteiger partial charge in [-0.2, -0.15) is 0 Å². The lowest BCUT2D eigenvalue weighted by Gasteiger charge is -2.35. The molecule has 0 radical (unpaired) electrons. The molecule has 0 aromatic heterocycles. The highest BCUT2D eigenvalue weighted by atomic mass is 16.3. The van der Waals surface area contributed by atoms with E-state index in [4.69, 9.17) is 0 Å². The van der Waals surface area contributed by atoms with Crippen LogP contribution in [0.15, 0.2) is 142 Å². The van der Waals surface area contributed by atoms with Crippen molar-refractivity contribution >= 4 is 0 Å². The van der Waals surface area contributed by atoms with Crippen LogP contribution >= 0.6 is 0 Å². The van der Waals surface area contributed by atoms with Crippen LogP contribution in [0.1, 0.15) is 88.5 Å². The van der Waals surface area contributed by atoms with Crippen molar-refractivity contribution in [3.8, 4) is 0 Å². The van der Waals surface area contributed by atoms with Crippen molar-refractivity contribution in [3.63, 3.8) is 0 Å². The molecule has 0 amide bonds. The third kappa shape index (κ3) is 11.7. The molecule has 41 heavy (non-hydrogen) atoms. The first-order chi connectivity index (χ1) is 19.2. The Labute approximate surface area is 251 Å². The number of aliphatic hydroxyl groups excluding tert-OH is 1. The predicted molar refractivity (Wildman–Crippen MR) is 183 cm³/mol. The topological polar surface area (TPSA) is 20.2 Å². The summed E-state index contributed by atoms with van der Waals surface area (Å²) in [6.07, 6.45) is 37.1. The molecule has 1 atom stereocenters. The molecule has 2 rings (SSSR count). The van der Waals surface area contributed by atoms with E-state index in [2.05, 4.69) is 166 Å². The van der Waals surface area contributed by atoms with Crippen molar-refractivity contribution in [2.75, 3.05) is 0 Å². The second-order valence-electron chi connectivity index (χ2n) is 13.1.